The molecule has 2 atom stereocenters. The van der Waals surface area contributed by atoms with Crippen LogP contribution in [0.3, 0.4) is 0 Å². The Morgan fingerprint density at radius 3 is 0.935 bits per heavy atom. The molecule has 0 spiro atoms. The maximum Gasteiger partial charge on any atom is 0.139 e. The van der Waals surface area contributed by atoms with Crippen molar-refractivity contribution < 1.29 is 0 Å². The number of alkyl halides is 14. The van der Waals surface area contributed by atoms with Crippen molar-refractivity contribution in [3.05, 3.63) is 21.1 Å². The van der Waals surface area contributed by atoms with E-state index in [1.807, 2.05) is 0 Å². The van der Waals surface area contributed by atoms with E-state index in [0.29, 0.717) is 0 Å². The van der Waals surface area contributed by atoms with Crippen molar-refractivity contribution in [3.8, 4) is 0 Å². The third-order valence-corrected chi connectivity index (χ3v) is 37.3. The molecule has 0 saturated carbocycles. The van der Waals surface area contributed by atoms with Crippen LogP contribution in [0.2, 0.25) is 0 Å². The smallest absolute Gasteiger partial charge is 0.0775 e. The molecule has 0 radical (unpaired) electrons. The summed E-state index contributed by atoms with van der Waals surface area (Å²) < 4.78 is -4.04. The van der Waals surface area contributed by atoms with Crippen LogP contribution < -0.4 is 0 Å². The molecular weight excluding hydrogens is 1460 g/mol. The Balaban J connectivity index is 2.97. The first-order valence-electron chi connectivity index (χ1n) is 7.68. The van der Waals surface area contributed by atoms with Crippen molar-refractivity contribution in [2.45, 2.75) is 41.9 Å². The third-order valence-electron chi connectivity index (χ3n) is 5.56. The monoisotopic (exact) mass is 1450 g/mol. The summed E-state index contributed by atoms with van der Waals surface area (Å²) in [5.74, 6) is 0. The second-order valence-corrected chi connectivity index (χ2v) is 32.3. The molecule has 0 fully saturated rings. The molecule has 2 aliphatic carbocycles. The second kappa shape index (κ2) is 10.2. The Bertz CT molecular complexity index is 781. The Hall–Kier alpha value is 7.16. The average molecular weight is 1470 g/mol. The fourth-order valence-electron chi connectivity index (χ4n) is 3.27. The van der Waals surface area contributed by atoms with Crippen LogP contribution in [0, 0.1) is 5.41 Å². The van der Waals surface area contributed by atoms with Crippen molar-refractivity contribution >= 4 is 255 Å². The molecule has 0 bridgehead atoms. The van der Waals surface area contributed by atoms with Crippen molar-refractivity contribution in [3.63, 3.8) is 0 Å². The summed E-state index contributed by atoms with van der Waals surface area (Å²) >= 11 is 62.6. The Morgan fingerprint density at radius 2 is 0.710 bits per heavy atom. The summed E-state index contributed by atoms with van der Waals surface area (Å²) in [6.07, 6.45) is 4.27. The lowest BCUT2D eigenvalue weighted by molar-refractivity contribution is 0.212. The lowest BCUT2D eigenvalue weighted by atomic mass is 9.63. The molecule has 2 aliphatic rings. The van der Waals surface area contributed by atoms with Gasteiger partial charge in [-0.2, -0.15) is 0 Å². The number of rotatable bonds is 2. The standard InChI is InChI=1S/C15H8Br16/c1-7(2,8(18)3-5(16)10(20,21)14(28,29)12(8,24)25)9(19)4-6(17)11(22,23)15(30,31)13(9,26)27/h3-4H,1-2H3. The Labute approximate surface area is 316 Å². The molecule has 0 nitrogen and oxygen atoms in total. The van der Waals surface area contributed by atoms with Crippen LogP contribution in [-0.2, 0) is 0 Å². The molecule has 31 heavy (non-hydrogen) atoms. The van der Waals surface area contributed by atoms with E-state index in [-0.39, 0.29) is 0 Å². The molecule has 0 aromatic heterocycles. The fraction of sp³-hybridized carbons (Fsp3) is 0.733. The van der Waals surface area contributed by atoms with Crippen LogP contribution in [-0.4, -0.2) is 28.0 Å². The van der Waals surface area contributed by atoms with Crippen molar-refractivity contribution in [1.82, 2.24) is 0 Å². The molecule has 16 heteroatoms. The average Bonchev–Trinajstić information content (AvgIpc) is 2.57. The SMILES string of the molecule is CC(C)(C1(Br)C=C(Br)C(Br)(Br)C(Br)(Br)C1(Br)Br)C1(Br)C=C(Br)C(Br)(Br)C(Br)(Br)C1(Br)Br. The highest BCUT2D eigenvalue weighted by Gasteiger charge is 2.79. The predicted molar refractivity (Wildman–Crippen MR) is 195 cm³/mol. The summed E-state index contributed by atoms with van der Waals surface area (Å²) in [4.78, 5) is 0. The maximum atomic E-state index is 4.14. The molecule has 0 aliphatic heterocycles. The molecule has 0 amide bonds. The normalized spacial score (nSPS) is 37.6. The van der Waals surface area contributed by atoms with Gasteiger partial charge < -0.3 is 0 Å². The van der Waals surface area contributed by atoms with Gasteiger partial charge in [-0.05, 0) is 0 Å². The third kappa shape index (κ3) is 4.49. The van der Waals surface area contributed by atoms with Crippen molar-refractivity contribution in [1.29, 1.82) is 0 Å². The molecule has 0 heterocycles. The minimum absolute atomic E-state index is 0.579. The Morgan fingerprint density at radius 1 is 0.484 bits per heavy atom. The van der Waals surface area contributed by atoms with Crippen molar-refractivity contribution in [2.24, 2.45) is 5.41 Å². The predicted octanol–water partition coefficient (Wildman–Crippen LogP) is 13.8. The van der Waals surface area contributed by atoms with Crippen LogP contribution in [0.5, 0.6) is 0 Å². The number of hydrogen-bond donors (Lipinski definition) is 0. The van der Waals surface area contributed by atoms with E-state index >= 15 is 0 Å². The Kier molecular flexibility index (Phi) is 11.3. The topological polar surface area (TPSA) is 0 Å². The lowest BCUT2D eigenvalue weighted by Crippen LogP contribution is -2.74. The van der Waals surface area contributed by atoms with Gasteiger partial charge in [0.15, 0.2) is 0 Å². The first kappa shape index (κ1) is 34.4. The number of allylic oxidation sites excluding steroid dienone is 4. The van der Waals surface area contributed by atoms with E-state index in [0.717, 1.165) is 8.96 Å². The van der Waals surface area contributed by atoms with E-state index in [4.69, 9.17) is 0 Å². The van der Waals surface area contributed by atoms with Crippen LogP contribution in [0.25, 0.3) is 0 Å². The minimum Gasteiger partial charge on any atom is -0.0775 e. The van der Waals surface area contributed by atoms with Gasteiger partial charge in [0, 0.05) is 14.4 Å². The van der Waals surface area contributed by atoms with Gasteiger partial charge in [0.1, 0.15) is 19.4 Å². The zero-order valence-electron chi connectivity index (χ0n) is 14.7. The first-order valence-corrected chi connectivity index (χ1v) is 20.4. The van der Waals surface area contributed by atoms with Gasteiger partial charge in [-0.25, -0.2) is 0 Å². The summed E-state index contributed by atoms with van der Waals surface area (Å²) in [6, 6.07) is 0. The molecule has 2 rings (SSSR count). The summed E-state index contributed by atoms with van der Waals surface area (Å²) in [7, 11) is 0. The van der Waals surface area contributed by atoms with Gasteiger partial charge >= 0.3 is 0 Å². The second-order valence-electron chi connectivity index (χ2n) is 7.48. The molecular formula is C15H8Br16. The van der Waals surface area contributed by atoms with Crippen LogP contribution >= 0.6 is 255 Å². The van der Waals surface area contributed by atoms with Gasteiger partial charge in [-0.3, -0.25) is 0 Å². The molecule has 0 aromatic rings. The quantitative estimate of drug-likeness (QED) is 0.242. The number of halogens is 16. The van der Waals surface area contributed by atoms with Gasteiger partial charge in [-0.1, -0.05) is 281 Å². The van der Waals surface area contributed by atoms with E-state index in [2.05, 4.69) is 281 Å². The minimum atomic E-state index is -0.774. The van der Waals surface area contributed by atoms with Gasteiger partial charge in [0.05, 0.1) is 8.65 Å². The molecule has 0 saturated heterocycles. The fourth-order valence-corrected chi connectivity index (χ4v) is 18.8. The van der Waals surface area contributed by atoms with Crippen LogP contribution in [0.4, 0.5) is 0 Å². The van der Waals surface area contributed by atoms with E-state index in [9.17, 15) is 0 Å². The highest BCUT2D eigenvalue weighted by atomic mass is 79.9. The lowest BCUT2D eigenvalue weighted by Gasteiger charge is -2.66. The maximum absolute atomic E-state index is 4.14. The molecule has 2 unspecified atom stereocenters. The van der Waals surface area contributed by atoms with E-state index < -0.39 is 33.5 Å². The zero-order chi connectivity index (χ0) is 25.1. The molecule has 0 aromatic carbocycles. The van der Waals surface area contributed by atoms with E-state index in [1.54, 1.807) is 0 Å². The molecule has 0 N–H and O–H groups in total. The summed E-state index contributed by atoms with van der Waals surface area (Å²) in [5, 5.41) is 0. The first-order chi connectivity index (χ1) is 13.3. The van der Waals surface area contributed by atoms with Crippen LogP contribution in [0.1, 0.15) is 13.8 Å². The highest BCUT2D eigenvalue weighted by molar-refractivity contribution is 9.34. The zero-order valence-corrected chi connectivity index (χ0v) is 40.1. The summed E-state index contributed by atoms with van der Waals surface area (Å²) in [5.41, 5.74) is -0.579. The summed E-state index contributed by atoms with van der Waals surface area (Å²) in [6.45, 7) is 4.35. The van der Waals surface area contributed by atoms with Gasteiger partial charge in [-0.15, -0.1) is 0 Å². The van der Waals surface area contributed by atoms with Gasteiger partial charge in [0.2, 0.25) is 0 Å². The highest BCUT2D eigenvalue weighted by Crippen LogP contribution is 2.80. The largest absolute Gasteiger partial charge is 0.139 e. The van der Waals surface area contributed by atoms with Crippen LogP contribution in [0.15, 0.2) is 21.1 Å². The molecule has 180 valence electrons. The van der Waals surface area contributed by atoms with Crippen molar-refractivity contribution in [2.75, 3.05) is 0 Å². The van der Waals surface area contributed by atoms with Gasteiger partial charge in [0.25, 0.3) is 0 Å². The van der Waals surface area contributed by atoms with E-state index in [1.165, 1.54) is 0 Å². The number of hydrogen-bond acceptors (Lipinski definition) is 0.